The molecule has 1 aliphatic heterocycles. The van der Waals surface area contributed by atoms with Gasteiger partial charge in [-0.2, -0.15) is 0 Å². The van der Waals surface area contributed by atoms with E-state index in [1.165, 1.54) is 0 Å². The van der Waals surface area contributed by atoms with Crippen LogP contribution >= 0.6 is 0 Å². The number of nitrogens with zero attached hydrogens (tertiary/aromatic N) is 2. The standard InChI is InChI=1S/C7H17N3O2S/c1-7(2)9-3-5-10(6-4-9)8-13(11)12/h7-8H,3-6H2,1-2H3,(H,11,12). The molecule has 1 atom stereocenters. The average molecular weight is 207 g/mol. The highest BCUT2D eigenvalue weighted by Gasteiger charge is 2.18. The van der Waals surface area contributed by atoms with Gasteiger partial charge in [0.2, 0.25) is 11.3 Å². The Bertz CT molecular complexity index is 181. The molecule has 0 saturated carbocycles. The fourth-order valence-electron chi connectivity index (χ4n) is 1.44. The third-order valence-electron chi connectivity index (χ3n) is 2.25. The van der Waals surface area contributed by atoms with Crippen LogP contribution in [0.25, 0.3) is 0 Å². The smallest absolute Gasteiger partial charge is 0.246 e. The summed E-state index contributed by atoms with van der Waals surface area (Å²) in [5.41, 5.74) is 0. The second-order valence-corrected chi connectivity index (χ2v) is 4.14. The number of nitrogens with one attached hydrogen (secondary N) is 1. The summed E-state index contributed by atoms with van der Waals surface area (Å²) < 4.78 is 19.0. The van der Waals surface area contributed by atoms with Gasteiger partial charge in [-0.15, -0.1) is 4.83 Å². The summed E-state index contributed by atoms with van der Waals surface area (Å²) in [5.74, 6) is 0. The van der Waals surface area contributed by atoms with Crippen molar-refractivity contribution in [3.05, 3.63) is 0 Å². The van der Waals surface area contributed by atoms with Gasteiger partial charge in [0.25, 0.3) is 0 Å². The van der Waals surface area contributed by atoms with Gasteiger partial charge in [0.05, 0.1) is 0 Å². The van der Waals surface area contributed by atoms with Gasteiger partial charge >= 0.3 is 0 Å². The molecule has 0 bridgehead atoms. The molecule has 0 amide bonds. The first-order valence-corrected chi connectivity index (χ1v) is 5.56. The van der Waals surface area contributed by atoms with Gasteiger partial charge in [-0.05, 0) is 13.8 Å². The van der Waals surface area contributed by atoms with Crippen LogP contribution < -0.4 is 4.83 Å². The third-order valence-corrected chi connectivity index (χ3v) is 2.67. The van der Waals surface area contributed by atoms with Gasteiger partial charge in [-0.25, -0.2) is 9.22 Å². The summed E-state index contributed by atoms with van der Waals surface area (Å²) in [7, 11) is 0. The minimum atomic E-state index is -1.93. The van der Waals surface area contributed by atoms with Crippen molar-refractivity contribution >= 4 is 11.3 Å². The van der Waals surface area contributed by atoms with Crippen LogP contribution in [0.4, 0.5) is 0 Å². The third kappa shape index (κ3) is 3.70. The van der Waals surface area contributed by atoms with E-state index in [1.807, 2.05) is 0 Å². The van der Waals surface area contributed by atoms with Crippen molar-refractivity contribution in [3.8, 4) is 0 Å². The number of rotatable bonds is 3. The normalized spacial score (nSPS) is 23.7. The van der Waals surface area contributed by atoms with Crippen molar-refractivity contribution in [2.24, 2.45) is 0 Å². The lowest BCUT2D eigenvalue weighted by molar-refractivity contribution is 0.0940. The van der Waals surface area contributed by atoms with Crippen LogP contribution in [0.1, 0.15) is 13.8 Å². The molecular formula is C7H17N3O2S. The van der Waals surface area contributed by atoms with Crippen molar-refractivity contribution in [1.29, 1.82) is 0 Å². The molecule has 1 unspecified atom stereocenters. The molecule has 1 fully saturated rings. The molecule has 6 heteroatoms. The second kappa shape index (κ2) is 5.02. The molecule has 1 aliphatic rings. The van der Waals surface area contributed by atoms with Gasteiger partial charge < -0.3 is 0 Å². The fourth-order valence-corrected chi connectivity index (χ4v) is 1.84. The number of hydrazine groups is 1. The molecule has 1 rings (SSSR count). The SMILES string of the molecule is CC(C)N1CCN(NS(=O)O)CC1. The zero-order chi connectivity index (χ0) is 9.84. The molecule has 1 heterocycles. The van der Waals surface area contributed by atoms with Gasteiger partial charge in [0, 0.05) is 32.2 Å². The lowest BCUT2D eigenvalue weighted by Gasteiger charge is -2.35. The van der Waals surface area contributed by atoms with Crippen LogP contribution in [-0.4, -0.2) is 50.9 Å². The van der Waals surface area contributed by atoms with E-state index in [-0.39, 0.29) is 0 Å². The van der Waals surface area contributed by atoms with Crippen molar-refractivity contribution in [3.63, 3.8) is 0 Å². The summed E-state index contributed by atoms with van der Waals surface area (Å²) in [6, 6.07) is 0.557. The molecule has 0 aromatic rings. The summed E-state index contributed by atoms with van der Waals surface area (Å²) in [6.45, 7) is 7.80. The van der Waals surface area contributed by atoms with E-state index in [4.69, 9.17) is 4.55 Å². The Kier molecular flexibility index (Phi) is 4.27. The quantitative estimate of drug-likeness (QED) is 0.621. The first-order valence-electron chi connectivity index (χ1n) is 4.45. The van der Waals surface area contributed by atoms with E-state index in [0.717, 1.165) is 26.2 Å². The van der Waals surface area contributed by atoms with Gasteiger partial charge in [-0.3, -0.25) is 9.45 Å². The van der Waals surface area contributed by atoms with E-state index < -0.39 is 11.3 Å². The van der Waals surface area contributed by atoms with Crippen molar-refractivity contribution < 1.29 is 8.76 Å². The minimum absolute atomic E-state index is 0.557. The van der Waals surface area contributed by atoms with Crippen LogP contribution in [0.5, 0.6) is 0 Å². The largest absolute Gasteiger partial charge is 0.298 e. The lowest BCUT2D eigenvalue weighted by Crippen LogP contribution is -2.53. The van der Waals surface area contributed by atoms with E-state index >= 15 is 0 Å². The highest BCUT2D eigenvalue weighted by Crippen LogP contribution is 2.03. The average Bonchev–Trinajstić information content (AvgIpc) is 2.04. The Morgan fingerprint density at radius 3 is 2.23 bits per heavy atom. The summed E-state index contributed by atoms with van der Waals surface area (Å²) >= 11 is -1.93. The highest BCUT2D eigenvalue weighted by molar-refractivity contribution is 7.77. The molecule has 5 nitrogen and oxygen atoms in total. The summed E-state index contributed by atoms with van der Waals surface area (Å²) in [4.78, 5) is 4.82. The van der Waals surface area contributed by atoms with E-state index in [2.05, 4.69) is 23.6 Å². The number of hydrogen-bond donors (Lipinski definition) is 2. The zero-order valence-corrected chi connectivity index (χ0v) is 8.88. The van der Waals surface area contributed by atoms with Crippen LogP contribution in [0, 0.1) is 0 Å². The molecular weight excluding hydrogens is 190 g/mol. The molecule has 2 N–H and O–H groups in total. The Morgan fingerprint density at radius 1 is 1.31 bits per heavy atom. The van der Waals surface area contributed by atoms with Crippen LogP contribution in [0.3, 0.4) is 0 Å². The predicted octanol–water partition coefficient (Wildman–Crippen LogP) is -0.346. The first kappa shape index (κ1) is 11.1. The van der Waals surface area contributed by atoms with E-state index in [0.29, 0.717) is 6.04 Å². The highest BCUT2D eigenvalue weighted by atomic mass is 32.2. The molecule has 1 saturated heterocycles. The molecule has 78 valence electrons. The Labute approximate surface area is 81.5 Å². The number of piperazine rings is 1. The Morgan fingerprint density at radius 2 is 1.85 bits per heavy atom. The van der Waals surface area contributed by atoms with Crippen molar-refractivity contribution in [2.75, 3.05) is 26.2 Å². The van der Waals surface area contributed by atoms with Crippen LogP contribution in [0.15, 0.2) is 0 Å². The van der Waals surface area contributed by atoms with Crippen molar-refractivity contribution in [1.82, 2.24) is 14.7 Å². The fraction of sp³-hybridized carbons (Fsp3) is 1.00. The maximum absolute atomic E-state index is 10.4. The number of hydrogen-bond acceptors (Lipinski definition) is 3. The van der Waals surface area contributed by atoms with E-state index in [9.17, 15) is 4.21 Å². The zero-order valence-electron chi connectivity index (χ0n) is 8.06. The molecule has 0 aliphatic carbocycles. The maximum atomic E-state index is 10.4. The Balaban J connectivity index is 2.26. The maximum Gasteiger partial charge on any atom is 0.246 e. The summed E-state index contributed by atoms with van der Waals surface area (Å²) in [5, 5.41) is 1.79. The first-order chi connectivity index (χ1) is 6.09. The van der Waals surface area contributed by atoms with Crippen LogP contribution in [-0.2, 0) is 11.3 Å². The Hall–Kier alpha value is -0.0100. The van der Waals surface area contributed by atoms with Gasteiger partial charge in [0.15, 0.2) is 0 Å². The monoisotopic (exact) mass is 207 g/mol. The van der Waals surface area contributed by atoms with Gasteiger partial charge in [-0.1, -0.05) is 0 Å². The van der Waals surface area contributed by atoms with Crippen LogP contribution in [0.2, 0.25) is 0 Å². The minimum Gasteiger partial charge on any atom is -0.298 e. The van der Waals surface area contributed by atoms with Crippen molar-refractivity contribution in [2.45, 2.75) is 19.9 Å². The van der Waals surface area contributed by atoms with E-state index in [1.54, 1.807) is 5.01 Å². The lowest BCUT2D eigenvalue weighted by atomic mass is 10.2. The summed E-state index contributed by atoms with van der Waals surface area (Å²) in [6.07, 6.45) is 0. The predicted molar refractivity (Wildman–Crippen MR) is 52.2 cm³/mol. The molecule has 0 aromatic carbocycles. The molecule has 13 heavy (non-hydrogen) atoms. The molecule has 0 spiro atoms. The topological polar surface area (TPSA) is 55.8 Å². The van der Waals surface area contributed by atoms with Gasteiger partial charge in [0.1, 0.15) is 0 Å². The molecule has 0 aromatic heterocycles. The molecule has 0 radical (unpaired) electrons. The second-order valence-electron chi connectivity index (χ2n) is 3.46.